The van der Waals surface area contributed by atoms with E-state index in [9.17, 15) is 14.0 Å². The van der Waals surface area contributed by atoms with E-state index in [1.165, 1.54) is 22.9 Å². The first-order valence-corrected chi connectivity index (χ1v) is 13.2. The van der Waals surface area contributed by atoms with Crippen LogP contribution in [0.15, 0.2) is 54.7 Å². The molecule has 5 nitrogen and oxygen atoms in total. The summed E-state index contributed by atoms with van der Waals surface area (Å²) in [5.41, 5.74) is 1.91. The molecule has 0 aliphatic heterocycles. The third-order valence-electron chi connectivity index (χ3n) is 7.46. The lowest BCUT2D eigenvalue weighted by molar-refractivity contribution is -0.123. The van der Waals surface area contributed by atoms with Crippen LogP contribution in [0.25, 0.3) is 27.8 Å². The van der Waals surface area contributed by atoms with Gasteiger partial charge in [0.25, 0.3) is 0 Å². The Hall–Kier alpha value is -3.87. The zero-order valence-electron chi connectivity index (χ0n) is 21.7. The van der Waals surface area contributed by atoms with E-state index in [-0.39, 0.29) is 30.0 Å². The molecule has 0 atom stereocenters. The van der Waals surface area contributed by atoms with E-state index in [1.54, 1.807) is 37.2 Å². The summed E-state index contributed by atoms with van der Waals surface area (Å²) in [5, 5.41) is 6.04. The zero-order chi connectivity index (χ0) is 26.8. The minimum atomic E-state index is -0.506. The van der Waals surface area contributed by atoms with E-state index in [0.717, 1.165) is 32.1 Å². The highest BCUT2D eigenvalue weighted by atomic mass is 19.1. The summed E-state index contributed by atoms with van der Waals surface area (Å²) < 4.78 is 32.2. The van der Waals surface area contributed by atoms with Crippen molar-refractivity contribution in [3.63, 3.8) is 0 Å². The second-order valence-corrected chi connectivity index (χ2v) is 10.1. The molecule has 0 spiro atoms. The van der Waals surface area contributed by atoms with Crippen molar-refractivity contribution in [2.24, 2.45) is 13.0 Å². The highest BCUT2D eigenvalue weighted by Gasteiger charge is 2.28. The molecular weight excluding hydrogens is 484 g/mol. The van der Waals surface area contributed by atoms with Crippen molar-refractivity contribution in [1.29, 1.82) is 0 Å². The Labute approximate surface area is 220 Å². The van der Waals surface area contributed by atoms with Crippen LogP contribution < -0.4 is 4.90 Å². The van der Waals surface area contributed by atoms with Crippen LogP contribution in [0, 0.1) is 17.6 Å². The number of allylic oxidation sites excluding steroid dienone is 1. The second-order valence-electron chi connectivity index (χ2n) is 10.1. The van der Waals surface area contributed by atoms with Gasteiger partial charge in [0, 0.05) is 35.8 Å². The molecule has 38 heavy (non-hydrogen) atoms. The molecule has 4 aromatic rings. The molecule has 7 heteroatoms. The summed E-state index contributed by atoms with van der Waals surface area (Å²) in [6, 6.07) is 11.8. The van der Waals surface area contributed by atoms with Crippen molar-refractivity contribution in [2.75, 3.05) is 4.90 Å². The molecule has 1 amide bonds. The maximum Gasteiger partial charge on any atom is 0.230 e. The molecule has 0 N–H and O–H groups in total. The predicted octanol–water partition coefficient (Wildman–Crippen LogP) is 7.11. The summed E-state index contributed by atoms with van der Waals surface area (Å²) in [7, 11) is 1.70. The molecule has 1 heterocycles. The fourth-order valence-electron chi connectivity index (χ4n) is 5.45. The quantitative estimate of drug-likeness (QED) is 0.247. The second kappa shape index (κ2) is 10.9. The molecule has 0 radical (unpaired) electrons. The van der Waals surface area contributed by atoms with Gasteiger partial charge in [0.05, 0.1) is 12.7 Å². The summed E-state index contributed by atoms with van der Waals surface area (Å²) in [4.78, 5) is 27.3. The van der Waals surface area contributed by atoms with Crippen LogP contribution in [0.4, 0.5) is 14.5 Å². The molecule has 3 aromatic carbocycles. The first-order valence-electron chi connectivity index (χ1n) is 13.2. The zero-order valence-corrected chi connectivity index (χ0v) is 21.7. The van der Waals surface area contributed by atoms with Gasteiger partial charge in [-0.3, -0.25) is 14.3 Å². The number of rotatable bonds is 7. The van der Waals surface area contributed by atoms with Gasteiger partial charge in [-0.2, -0.15) is 5.10 Å². The molecule has 1 aliphatic rings. The smallest absolute Gasteiger partial charge is 0.230 e. The number of hydrogen-bond donors (Lipinski definition) is 0. The van der Waals surface area contributed by atoms with Crippen molar-refractivity contribution >= 4 is 45.1 Å². The number of aryl methyl sites for hydroxylation is 1. The fraction of sp³-hybridized carbons (Fsp3) is 0.323. The van der Waals surface area contributed by atoms with Gasteiger partial charge in [-0.1, -0.05) is 50.5 Å². The number of carbonyl (C=O) groups excluding carboxylic acids is 2. The maximum absolute atomic E-state index is 15.9. The average molecular weight is 516 g/mol. The Morgan fingerprint density at radius 3 is 2.63 bits per heavy atom. The van der Waals surface area contributed by atoms with Gasteiger partial charge < -0.3 is 4.90 Å². The number of anilines is 1. The van der Waals surface area contributed by atoms with E-state index in [0.29, 0.717) is 44.9 Å². The number of benzene rings is 3. The standard InChI is InChI=1S/C31H31F2N3O2/c1-3-27(37)13-12-20-14-25(32)17-26(15-20)36(31(38)21-8-5-4-6-9-21)19-23-11-7-10-22-16-24-18-34-35(2)30(24)29(33)28(22)23/h7,10-18,21H,3-6,8-9,19H2,1-2H3/b13-12+. The van der Waals surface area contributed by atoms with E-state index >= 15 is 4.39 Å². The summed E-state index contributed by atoms with van der Waals surface area (Å²) in [5.74, 6) is -1.23. The molecule has 1 aromatic heterocycles. The van der Waals surface area contributed by atoms with E-state index < -0.39 is 5.82 Å². The highest BCUT2D eigenvalue weighted by Crippen LogP contribution is 2.33. The molecule has 0 unspecified atom stereocenters. The third kappa shape index (κ3) is 5.10. The van der Waals surface area contributed by atoms with Crippen LogP contribution in [-0.2, 0) is 23.2 Å². The lowest BCUT2D eigenvalue weighted by atomic mass is 9.88. The van der Waals surface area contributed by atoms with Crippen LogP contribution in [0.3, 0.4) is 0 Å². The summed E-state index contributed by atoms with van der Waals surface area (Å²) in [6.07, 6.45) is 9.58. The molecule has 196 valence electrons. The van der Waals surface area contributed by atoms with Gasteiger partial charge in [0.1, 0.15) is 11.3 Å². The minimum Gasteiger partial charge on any atom is -0.308 e. The minimum absolute atomic E-state index is 0.0707. The van der Waals surface area contributed by atoms with Crippen LogP contribution in [0.5, 0.6) is 0 Å². The molecule has 1 aliphatic carbocycles. The van der Waals surface area contributed by atoms with Gasteiger partial charge in [-0.15, -0.1) is 0 Å². The van der Waals surface area contributed by atoms with Crippen LogP contribution in [0.1, 0.15) is 56.6 Å². The van der Waals surface area contributed by atoms with E-state index in [4.69, 9.17) is 0 Å². The van der Waals surface area contributed by atoms with Crippen LogP contribution in [0.2, 0.25) is 0 Å². The first-order chi connectivity index (χ1) is 18.4. The lowest BCUT2D eigenvalue weighted by Gasteiger charge is -2.30. The Morgan fingerprint density at radius 2 is 1.87 bits per heavy atom. The SMILES string of the molecule is CCC(=O)/C=C/c1cc(F)cc(N(Cc2cccc3cc4cnn(C)c4c(F)c23)C(=O)C2CCCCC2)c1. The summed E-state index contributed by atoms with van der Waals surface area (Å²) in [6.45, 7) is 1.85. The van der Waals surface area contributed by atoms with Gasteiger partial charge >= 0.3 is 0 Å². The van der Waals surface area contributed by atoms with Crippen molar-refractivity contribution in [3.8, 4) is 0 Å². The Balaban J connectivity index is 1.62. The normalized spacial score (nSPS) is 14.5. The largest absolute Gasteiger partial charge is 0.308 e. The number of halogens is 2. The third-order valence-corrected chi connectivity index (χ3v) is 7.46. The molecular formula is C31H31F2N3O2. The van der Waals surface area contributed by atoms with Crippen LogP contribution in [-0.4, -0.2) is 21.5 Å². The van der Waals surface area contributed by atoms with E-state index in [2.05, 4.69) is 5.10 Å². The molecule has 1 saturated carbocycles. The number of carbonyl (C=O) groups is 2. The fourth-order valence-corrected chi connectivity index (χ4v) is 5.45. The van der Waals surface area contributed by atoms with Crippen molar-refractivity contribution in [2.45, 2.75) is 52.0 Å². The Bertz CT molecular complexity index is 1550. The highest BCUT2D eigenvalue weighted by molar-refractivity contribution is 6.01. The average Bonchev–Trinajstić information content (AvgIpc) is 3.30. The maximum atomic E-state index is 15.9. The van der Waals surface area contributed by atoms with Gasteiger partial charge in [-0.05, 0) is 59.7 Å². The molecule has 0 bridgehead atoms. The number of hydrogen-bond acceptors (Lipinski definition) is 3. The molecule has 1 fully saturated rings. The number of ketones is 1. The lowest BCUT2D eigenvalue weighted by Crippen LogP contribution is -2.37. The number of amides is 1. The Morgan fingerprint density at radius 1 is 1.08 bits per heavy atom. The van der Waals surface area contributed by atoms with Crippen LogP contribution >= 0.6 is 0 Å². The topological polar surface area (TPSA) is 55.2 Å². The van der Waals surface area contributed by atoms with Crippen molar-refractivity contribution in [3.05, 3.63) is 77.5 Å². The van der Waals surface area contributed by atoms with Crippen molar-refractivity contribution < 1.29 is 18.4 Å². The van der Waals surface area contributed by atoms with Gasteiger partial charge in [0.2, 0.25) is 5.91 Å². The summed E-state index contributed by atoms with van der Waals surface area (Å²) >= 11 is 0. The molecule has 5 rings (SSSR count). The monoisotopic (exact) mass is 515 g/mol. The predicted molar refractivity (Wildman–Crippen MR) is 147 cm³/mol. The Kier molecular flexibility index (Phi) is 7.36. The first kappa shape index (κ1) is 25.8. The van der Waals surface area contributed by atoms with Gasteiger partial charge in [-0.25, -0.2) is 8.78 Å². The van der Waals surface area contributed by atoms with Gasteiger partial charge in [0.15, 0.2) is 11.6 Å². The van der Waals surface area contributed by atoms with E-state index in [1.807, 2.05) is 24.3 Å². The number of nitrogens with zero attached hydrogens (tertiary/aromatic N) is 3. The number of fused-ring (bicyclic) bond motifs is 2. The molecule has 0 saturated heterocycles. The number of aromatic nitrogens is 2. The van der Waals surface area contributed by atoms with Crippen molar-refractivity contribution in [1.82, 2.24) is 9.78 Å².